The van der Waals surface area contributed by atoms with E-state index < -0.39 is 0 Å². The van der Waals surface area contributed by atoms with Gasteiger partial charge in [-0.15, -0.1) is 0 Å². The largest absolute Gasteiger partial charge is 0.370 e. The van der Waals surface area contributed by atoms with Crippen molar-refractivity contribution in [3.05, 3.63) is 17.0 Å². The molecule has 0 saturated carbocycles. The van der Waals surface area contributed by atoms with Gasteiger partial charge in [0.2, 0.25) is 0 Å². The number of fused-ring (bicyclic) bond motifs is 1. The molecule has 1 N–H and O–H groups in total. The Hall–Kier alpha value is -1.36. The molecule has 2 rings (SSSR count). The minimum atomic E-state index is 0.477. The fourth-order valence-electron chi connectivity index (χ4n) is 1.99. The molecular formula is C13H20ClN5. The number of hydrogen-bond acceptors (Lipinski definition) is 4. The fraction of sp³-hybridized carbons (Fsp3) is 0.615. The van der Waals surface area contributed by atoms with Crippen LogP contribution in [-0.2, 0) is 0 Å². The number of unbranched alkanes of at least 4 members (excludes halogenated alkanes) is 1. The molecule has 0 fully saturated rings. The van der Waals surface area contributed by atoms with E-state index in [1.165, 1.54) is 19.2 Å². The summed E-state index contributed by atoms with van der Waals surface area (Å²) in [4.78, 5) is 8.24. The predicted octanol–water partition coefficient (Wildman–Crippen LogP) is 3.32. The Morgan fingerprint density at radius 2 is 2.16 bits per heavy atom. The fourth-order valence-corrected chi connectivity index (χ4v) is 2.15. The van der Waals surface area contributed by atoms with E-state index in [9.17, 15) is 0 Å². The lowest BCUT2D eigenvalue weighted by Gasteiger charge is -2.12. The molecule has 0 aliphatic rings. The highest BCUT2D eigenvalue weighted by Gasteiger charge is 2.11. The molecule has 0 saturated heterocycles. The van der Waals surface area contributed by atoms with Gasteiger partial charge in [0.05, 0.1) is 0 Å². The van der Waals surface area contributed by atoms with Crippen molar-refractivity contribution in [3.8, 4) is 0 Å². The zero-order valence-corrected chi connectivity index (χ0v) is 12.4. The smallest absolute Gasteiger partial charge is 0.255 e. The number of hydrogen-bond donors (Lipinski definition) is 1. The maximum Gasteiger partial charge on any atom is 0.255 e. The van der Waals surface area contributed by atoms with E-state index in [-0.39, 0.29) is 0 Å². The van der Waals surface area contributed by atoms with Gasteiger partial charge >= 0.3 is 0 Å². The lowest BCUT2D eigenvalue weighted by atomic mass is 10.1. The average molecular weight is 282 g/mol. The molecule has 0 radical (unpaired) electrons. The number of rotatable bonds is 6. The minimum absolute atomic E-state index is 0.477. The maximum atomic E-state index is 6.10. The van der Waals surface area contributed by atoms with Crippen molar-refractivity contribution in [2.75, 3.05) is 11.9 Å². The van der Waals surface area contributed by atoms with Crippen LogP contribution in [0.1, 0.15) is 38.7 Å². The van der Waals surface area contributed by atoms with Crippen LogP contribution in [0.2, 0.25) is 5.15 Å². The van der Waals surface area contributed by atoms with Crippen molar-refractivity contribution in [2.24, 2.45) is 5.92 Å². The summed E-state index contributed by atoms with van der Waals surface area (Å²) < 4.78 is 1.70. The van der Waals surface area contributed by atoms with E-state index in [1.54, 1.807) is 4.52 Å². The van der Waals surface area contributed by atoms with Crippen LogP contribution in [0.4, 0.5) is 5.82 Å². The standard InChI is InChI=1S/C13H20ClN5/c1-9(2)6-4-5-7-15-12-10(3)11(14)18-13-16-8-17-19(12)13/h8-9,15H,4-7H2,1-3H3. The lowest BCUT2D eigenvalue weighted by molar-refractivity contribution is 0.544. The van der Waals surface area contributed by atoms with E-state index in [0.717, 1.165) is 30.3 Å². The van der Waals surface area contributed by atoms with Gasteiger partial charge in [-0.3, -0.25) is 0 Å². The van der Waals surface area contributed by atoms with Crippen LogP contribution in [0, 0.1) is 12.8 Å². The van der Waals surface area contributed by atoms with Crippen molar-refractivity contribution in [2.45, 2.75) is 40.0 Å². The molecule has 0 atom stereocenters. The van der Waals surface area contributed by atoms with E-state index in [2.05, 4.69) is 34.2 Å². The van der Waals surface area contributed by atoms with Gasteiger partial charge in [0.15, 0.2) is 0 Å². The topological polar surface area (TPSA) is 55.1 Å². The van der Waals surface area contributed by atoms with Crippen LogP contribution >= 0.6 is 11.6 Å². The van der Waals surface area contributed by atoms with Crippen LogP contribution in [0.3, 0.4) is 0 Å². The molecule has 104 valence electrons. The van der Waals surface area contributed by atoms with E-state index in [4.69, 9.17) is 11.6 Å². The van der Waals surface area contributed by atoms with Crippen molar-refractivity contribution < 1.29 is 0 Å². The molecule has 2 heterocycles. The van der Waals surface area contributed by atoms with Gasteiger partial charge in [0.25, 0.3) is 5.78 Å². The molecule has 0 bridgehead atoms. The molecule has 2 aromatic heterocycles. The first-order valence-electron chi connectivity index (χ1n) is 6.69. The summed E-state index contributed by atoms with van der Waals surface area (Å²) in [6, 6.07) is 0. The minimum Gasteiger partial charge on any atom is -0.370 e. The molecule has 0 unspecified atom stereocenters. The Morgan fingerprint density at radius 1 is 1.37 bits per heavy atom. The molecule has 6 heteroatoms. The van der Waals surface area contributed by atoms with Crippen molar-refractivity contribution in [1.29, 1.82) is 0 Å². The van der Waals surface area contributed by atoms with E-state index >= 15 is 0 Å². The third kappa shape index (κ3) is 3.35. The van der Waals surface area contributed by atoms with Crippen molar-refractivity contribution >= 4 is 23.2 Å². The Kier molecular flexibility index (Phi) is 4.58. The Labute approximate surface area is 118 Å². The highest BCUT2D eigenvalue weighted by molar-refractivity contribution is 6.30. The van der Waals surface area contributed by atoms with Gasteiger partial charge in [-0.2, -0.15) is 19.6 Å². The molecule has 5 nitrogen and oxygen atoms in total. The second-order valence-electron chi connectivity index (χ2n) is 5.16. The van der Waals surface area contributed by atoms with Gasteiger partial charge in [-0.1, -0.05) is 38.3 Å². The SMILES string of the molecule is Cc1c(Cl)nc2ncnn2c1NCCCCC(C)C. The average Bonchev–Trinajstić information content (AvgIpc) is 2.80. The highest BCUT2D eigenvalue weighted by Crippen LogP contribution is 2.22. The van der Waals surface area contributed by atoms with Crippen LogP contribution in [0.5, 0.6) is 0 Å². The zero-order valence-electron chi connectivity index (χ0n) is 11.6. The molecule has 0 aromatic carbocycles. The molecule has 0 amide bonds. The molecule has 0 aliphatic carbocycles. The van der Waals surface area contributed by atoms with Crippen LogP contribution < -0.4 is 5.32 Å². The first kappa shape index (κ1) is 14.1. The molecule has 19 heavy (non-hydrogen) atoms. The summed E-state index contributed by atoms with van der Waals surface area (Å²) >= 11 is 6.10. The van der Waals surface area contributed by atoms with Crippen LogP contribution in [-0.4, -0.2) is 26.1 Å². The number of nitrogens with one attached hydrogen (secondary N) is 1. The molecule has 0 aliphatic heterocycles. The van der Waals surface area contributed by atoms with Crippen molar-refractivity contribution in [3.63, 3.8) is 0 Å². The van der Waals surface area contributed by atoms with Gasteiger partial charge < -0.3 is 5.32 Å². The van der Waals surface area contributed by atoms with Gasteiger partial charge in [-0.05, 0) is 19.3 Å². The first-order valence-corrected chi connectivity index (χ1v) is 7.07. The lowest BCUT2D eigenvalue weighted by Crippen LogP contribution is -2.10. The highest BCUT2D eigenvalue weighted by atomic mass is 35.5. The predicted molar refractivity (Wildman–Crippen MR) is 77.7 cm³/mol. The second kappa shape index (κ2) is 6.19. The summed E-state index contributed by atoms with van der Waals surface area (Å²) in [5, 5.41) is 8.04. The first-order chi connectivity index (χ1) is 9.09. The van der Waals surface area contributed by atoms with Gasteiger partial charge in [0, 0.05) is 12.1 Å². The third-order valence-electron chi connectivity index (χ3n) is 3.11. The maximum absolute atomic E-state index is 6.10. The molecule has 0 spiro atoms. The summed E-state index contributed by atoms with van der Waals surface area (Å²) in [7, 11) is 0. The van der Waals surface area contributed by atoms with Crippen molar-refractivity contribution in [1.82, 2.24) is 19.6 Å². The number of nitrogens with zero attached hydrogens (tertiary/aromatic N) is 4. The number of halogens is 1. The number of anilines is 1. The molecule has 2 aromatic rings. The van der Waals surface area contributed by atoms with Gasteiger partial charge in [0.1, 0.15) is 17.3 Å². The van der Waals surface area contributed by atoms with E-state index in [0.29, 0.717) is 10.9 Å². The Morgan fingerprint density at radius 3 is 2.89 bits per heavy atom. The zero-order chi connectivity index (χ0) is 13.8. The monoisotopic (exact) mass is 281 g/mol. The Balaban J connectivity index is 2.03. The quantitative estimate of drug-likeness (QED) is 0.652. The van der Waals surface area contributed by atoms with E-state index in [1.807, 2.05) is 6.92 Å². The summed E-state index contributed by atoms with van der Waals surface area (Å²) in [5.41, 5.74) is 0.906. The van der Waals surface area contributed by atoms with Crippen LogP contribution in [0.25, 0.3) is 5.78 Å². The number of aromatic nitrogens is 4. The summed E-state index contributed by atoms with van der Waals surface area (Å²) in [6.07, 6.45) is 5.11. The second-order valence-corrected chi connectivity index (χ2v) is 5.52. The third-order valence-corrected chi connectivity index (χ3v) is 3.47. The summed E-state index contributed by atoms with van der Waals surface area (Å²) in [5.74, 6) is 2.18. The van der Waals surface area contributed by atoms with Gasteiger partial charge in [-0.25, -0.2) is 0 Å². The molecular weight excluding hydrogens is 262 g/mol. The normalized spacial score (nSPS) is 11.4. The summed E-state index contributed by atoms with van der Waals surface area (Å²) in [6.45, 7) is 7.34. The van der Waals surface area contributed by atoms with Crippen LogP contribution in [0.15, 0.2) is 6.33 Å². The Bertz CT molecular complexity index is 549.